The van der Waals surface area contributed by atoms with E-state index < -0.39 is 5.54 Å². The number of carbonyl (C=O) groups is 1. The molecule has 0 radical (unpaired) electrons. The third kappa shape index (κ3) is 3.99. The number of aryl methyl sites for hydroxylation is 1. The highest BCUT2D eigenvalue weighted by Crippen LogP contribution is 2.29. The molecule has 2 N–H and O–H groups in total. The summed E-state index contributed by atoms with van der Waals surface area (Å²) in [5, 5.41) is 10.1. The van der Waals surface area contributed by atoms with Gasteiger partial charge >= 0.3 is 6.03 Å². The van der Waals surface area contributed by atoms with Crippen LogP contribution in [0.2, 0.25) is 0 Å². The summed E-state index contributed by atoms with van der Waals surface area (Å²) < 4.78 is 20.7. The normalized spacial score (nSPS) is 17.5. The van der Waals surface area contributed by atoms with Crippen molar-refractivity contribution in [1.82, 2.24) is 15.1 Å². The molecule has 25 heavy (non-hydrogen) atoms. The van der Waals surface area contributed by atoms with Gasteiger partial charge in [-0.2, -0.15) is 5.10 Å². The molecule has 1 aromatic heterocycles. The zero-order valence-corrected chi connectivity index (χ0v) is 14.7. The van der Waals surface area contributed by atoms with Crippen LogP contribution in [0.25, 0.3) is 0 Å². The maximum absolute atomic E-state index is 13.4. The molecule has 1 fully saturated rings. The monoisotopic (exact) mass is 346 g/mol. The first-order valence-corrected chi connectivity index (χ1v) is 8.36. The third-order valence-electron chi connectivity index (χ3n) is 4.37. The molecule has 1 unspecified atom stereocenters. The molecule has 1 atom stereocenters. The van der Waals surface area contributed by atoms with Gasteiger partial charge in [0.2, 0.25) is 0 Å². The minimum atomic E-state index is -0.720. The smallest absolute Gasteiger partial charge is 0.321 e. The van der Waals surface area contributed by atoms with Gasteiger partial charge in [-0.3, -0.25) is 10.00 Å². The molecule has 1 aliphatic heterocycles. The maximum Gasteiger partial charge on any atom is 0.321 e. The Hall–Kier alpha value is -2.41. The van der Waals surface area contributed by atoms with Crippen LogP contribution < -0.4 is 10.6 Å². The van der Waals surface area contributed by atoms with Crippen molar-refractivity contribution >= 4 is 11.8 Å². The molecule has 6 nitrogen and oxygen atoms in total. The second-order valence-corrected chi connectivity index (χ2v) is 6.79. The van der Waals surface area contributed by atoms with Crippen LogP contribution in [0.3, 0.4) is 0 Å². The molecule has 7 heteroatoms. The van der Waals surface area contributed by atoms with E-state index in [0.29, 0.717) is 11.4 Å². The Bertz CT molecular complexity index is 766. The van der Waals surface area contributed by atoms with E-state index in [1.165, 1.54) is 12.1 Å². The predicted molar refractivity (Wildman–Crippen MR) is 92.7 cm³/mol. The van der Waals surface area contributed by atoms with E-state index >= 15 is 0 Å². The standard InChI is InChI=1S/C18H23FN4O2/c1-18(2,12-6-4-7-13(19)10-12)21-17(24)20-16-11-14(22-23(16)3)15-8-5-9-25-15/h4,6-7,10-11,15H,5,8-9H2,1-3H3,(H2,20,21,24). The highest BCUT2D eigenvalue weighted by molar-refractivity contribution is 5.89. The van der Waals surface area contributed by atoms with E-state index in [1.54, 1.807) is 23.9 Å². The van der Waals surface area contributed by atoms with Crippen molar-refractivity contribution in [3.63, 3.8) is 0 Å². The molecule has 3 rings (SSSR count). The third-order valence-corrected chi connectivity index (χ3v) is 4.37. The molecule has 1 aliphatic rings. The number of rotatable bonds is 4. The average Bonchev–Trinajstić information content (AvgIpc) is 3.17. The predicted octanol–water partition coefficient (Wildman–Crippen LogP) is 3.47. The fourth-order valence-corrected chi connectivity index (χ4v) is 2.96. The largest absolute Gasteiger partial charge is 0.372 e. The van der Waals surface area contributed by atoms with Crippen LogP contribution in [-0.2, 0) is 17.3 Å². The summed E-state index contributed by atoms with van der Waals surface area (Å²) in [7, 11) is 1.77. The molecular weight excluding hydrogens is 323 g/mol. The van der Waals surface area contributed by atoms with Gasteiger partial charge in [0.15, 0.2) is 0 Å². The summed E-state index contributed by atoms with van der Waals surface area (Å²) in [5.74, 6) is 0.249. The zero-order valence-electron chi connectivity index (χ0n) is 14.7. The van der Waals surface area contributed by atoms with E-state index in [1.807, 2.05) is 19.9 Å². The Labute approximate surface area is 146 Å². The minimum Gasteiger partial charge on any atom is -0.372 e. The van der Waals surface area contributed by atoms with Crippen LogP contribution in [-0.4, -0.2) is 22.4 Å². The van der Waals surface area contributed by atoms with Crippen molar-refractivity contribution in [2.24, 2.45) is 7.05 Å². The van der Waals surface area contributed by atoms with Crippen LogP contribution in [0, 0.1) is 5.82 Å². The summed E-state index contributed by atoms with van der Waals surface area (Å²) in [6.07, 6.45) is 1.95. The van der Waals surface area contributed by atoms with Crippen molar-refractivity contribution < 1.29 is 13.9 Å². The van der Waals surface area contributed by atoms with E-state index in [9.17, 15) is 9.18 Å². The van der Waals surface area contributed by atoms with Crippen LogP contribution in [0.1, 0.15) is 44.1 Å². The van der Waals surface area contributed by atoms with Gasteiger partial charge in [-0.05, 0) is 44.4 Å². The topological polar surface area (TPSA) is 68.2 Å². The number of ether oxygens (including phenoxy) is 1. The Balaban J connectivity index is 1.68. The summed E-state index contributed by atoms with van der Waals surface area (Å²) in [5.41, 5.74) is 0.787. The first kappa shape index (κ1) is 17.4. The number of carbonyl (C=O) groups excluding carboxylic acids is 1. The van der Waals surface area contributed by atoms with Crippen molar-refractivity contribution in [2.75, 3.05) is 11.9 Å². The molecule has 0 aliphatic carbocycles. The highest BCUT2D eigenvalue weighted by atomic mass is 19.1. The fraction of sp³-hybridized carbons (Fsp3) is 0.444. The first-order valence-electron chi connectivity index (χ1n) is 8.36. The maximum atomic E-state index is 13.4. The number of amides is 2. The van der Waals surface area contributed by atoms with Gasteiger partial charge in [0.25, 0.3) is 0 Å². The molecule has 1 saturated heterocycles. The summed E-state index contributed by atoms with van der Waals surface area (Å²) in [6, 6.07) is 7.65. The lowest BCUT2D eigenvalue weighted by molar-refractivity contribution is 0.108. The molecule has 0 spiro atoms. The second kappa shape index (κ2) is 6.84. The number of benzene rings is 1. The summed E-state index contributed by atoms with van der Waals surface area (Å²) in [4.78, 5) is 12.4. The van der Waals surface area contributed by atoms with Crippen LogP contribution in [0.5, 0.6) is 0 Å². The van der Waals surface area contributed by atoms with Crippen molar-refractivity contribution in [1.29, 1.82) is 0 Å². The number of nitrogens with one attached hydrogen (secondary N) is 2. The molecule has 0 bridgehead atoms. The molecular formula is C18H23FN4O2. The number of nitrogens with zero attached hydrogens (tertiary/aromatic N) is 2. The van der Waals surface area contributed by atoms with Crippen LogP contribution >= 0.6 is 0 Å². The van der Waals surface area contributed by atoms with Gasteiger partial charge < -0.3 is 10.1 Å². The van der Waals surface area contributed by atoms with Gasteiger partial charge in [-0.1, -0.05) is 12.1 Å². The molecule has 1 aromatic carbocycles. The Morgan fingerprint density at radius 2 is 2.20 bits per heavy atom. The lowest BCUT2D eigenvalue weighted by Crippen LogP contribution is -2.43. The minimum absolute atomic E-state index is 0.00598. The highest BCUT2D eigenvalue weighted by Gasteiger charge is 2.25. The Morgan fingerprint density at radius 3 is 2.88 bits per heavy atom. The van der Waals surface area contributed by atoms with Crippen molar-refractivity contribution in [2.45, 2.75) is 38.3 Å². The van der Waals surface area contributed by atoms with Crippen molar-refractivity contribution in [3.8, 4) is 0 Å². The number of anilines is 1. The fourth-order valence-electron chi connectivity index (χ4n) is 2.96. The zero-order chi connectivity index (χ0) is 18.0. The molecule has 0 saturated carbocycles. The van der Waals surface area contributed by atoms with Gasteiger partial charge in [-0.15, -0.1) is 0 Å². The first-order chi connectivity index (χ1) is 11.8. The average molecular weight is 346 g/mol. The van der Waals surface area contributed by atoms with Crippen LogP contribution in [0.15, 0.2) is 30.3 Å². The number of urea groups is 1. The lowest BCUT2D eigenvalue weighted by atomic mass is 9.94. The Kier molecular flexibility index (Phi) is 4.76. The van der Waals surface area contributed by atoms with Gasteiger partial charge in [0.1, 0.15) is 17.7 Å². The van der Waals surface area contributed by atoms with E-state index in [4.69, 9.17) is 4.74 Å². The molecule has 2 amide bonds. The SMILES string of the molecule is Cn1nc(C2CCCO2)cc1NC(=O)NC(C)(C)c1cccc(F)c1. The summed E-state index contributed by atoms with van der Waals surface area (Å²) in [6.45, 7) is 4.39. The van der Waals surface area contributed by atoms with Gasteiger partial charge in [-0.25, -0.2) is 9.18 Å². The quantitative estimate of drug-likeness (QED) is 0.891. The van der Waals surface area contributed by atoms with Gasteiger partial charge in [0.05, 0.1) is 11.2 Å². The van der Waals surface area contributed by atoms with E-state index in [-0.39, 0.29) is 18.0 Å². The molecule has 2 aromatic rings. The van der Waals surface area contributed by atoms with Crippen molar-refractivity contribution in [3.05, 3.63) is 47.4 Å². The van der Waals surface area contributed by atoms with Gasteiger partial charge in [0, 0.05) is 19.7 Å². The van der Waals surface area contributed by atoms with Crippen LogP contribution in [0.4, 0.5) is 15.0 Å². The molecule has 2 heterocycles. The lowest BCUT2D eigenvalue weighted by Gasteiger charge is -2.27. The number of hydrogen-bond donors (Lipinski definition) is 2. The molecule has 134 valence electrons. The number of aromatic nitrogens is 2. The number of halogens is 1. The summed E-state index contributed by atoms with van der Waals surface area (Å²) >= 11 is 0. The Morgan fingerprint density at radius 1 is 1.40 bits per heavy atom. The number of hydrogen-bond acceptors (Lipinski definition) is 3. The second-order valence-electron chi connectivity index (χ2n) is 6.79. The van der Waals surface area contributed by atoms with E-state index in [0.717, 1.165) is 25.1 Å². The van der Waals surface area contributed by atoms with E-state index in [2.05, 4.69) is 15.7 Å².